The Morgan fingerprint density at radius 2 is 1.85 bits per heavy atom. The van der Waals surface area contributed by atoms with E-state index in [1.807, 2.05) is 30.3 Å². The van der Waals surface area contributed by atoms with Crippen molar-refractivity contribution < 1.29 is 13.2 Å². The van der Waals surface area contributed by atoms with E-state index in [4.69, 9.17) is 0 Å². The molecule has 0 spiro atoms. The first-order valence-electron chi connectivity index (χ1n) is 6.10. The minimum atomic E-state index is -4.49. The maximum atomic E-state index is 12.6. The summed E-state index contributed by atoms with van der Waals surface area (Å²) in [5.41, 5.74) is 1.55. The standard InChI is InChI=1S/C14H13F3N2S/c1-2-11-12(8-18-13(19-11)14(15,16)17)20-9-10-6-4-3-5-7-10/h3-8H,2,9H2,1H3. The highest BCUT2D eigenvalue weighted by atomic mass is 32.2. The number of hydrogen-bond donors (Lipinski definition) is 0. The highest BCUT2D eigenvalue weighted by Gasteiger charge is 2.35. The molecule has 0 fully saturated rings. The van der Waals surface area contributed by atoms with Crippen molar-refractivity contribution >= 4 is 11.8 Å². The van der Waals surface area contributed by atoms with Crippen LogP contribution in [0.15, 0.2) is 41.4 Å². The van der Waals surface area contributed by atoms with Gasteiger partial charge in [-0.15, -0.1) is 11.8 Å². The van der Waals surface area contributed by atoms with Gasteiger partial charge in [0.2, 0.25) is 5.82 Å². The predicted octanol–water partition coefficient (Wildman–Crippen LogP) is 4.35. The summed E-state index contributed by atoms with van der Waals surface area (Å²) in [5.74, 6) is -0.388. The molecule has 2 nitrogen and oxygen atoms in total. The molecule has 0 saturated heterocycles. The maximum Gasteiger partial charge on any atom is 0.451 e. The topological polar surface area (TPSA) is 25.8 Å². The quantitative estimate of drug-likeness (QED) is 0.785. The molecule has 0 saturated carbocycles. The van der Waals surface area contributed by atoms with E-state index in [-0.39, 0.29) is 0 Å². The summed E-state index contributed by atoms with van der Waals surface area (Å²) < 4.78 is 37.7. The molecule has 0 aliphatic rings. The molecule has 2 rings (SSSR count). The number of hydrogen-bond acceptors (Lipinski definition) is 3. The third-order valence-corrected chi connectivity index (χ3v) is 3.78. The van der Waals surface area contributed by atoms with Crippen molar-refractivity contribution in [1.29, 1.82) is 0 Å². The molecule has 2 aromatic rings. The van der Waals surface area contributed by atoms with Gasteiger partial charge in [0.15, 0.2) is 0 Å². The Bertz CT molecular complexity index is 570. The van der Waals surface area contributed by atoms with E-state index in [9.17, 15) is 13.2 Å². The zero-order valence-electron chi connectivity index (χ0n) is 10.8. The van der Waals surface area contributed by atoms with Crippen molar-refractivity contribution in [3.63, 3.8) is 0 Å². The Hall–Kier alpha value is -1.56. The molecule has 0 unspecified atom stereocenters. The fourth-order valence-corrected chi connectivity index (χ4v) is 2.65. The second-order valence-electron chi connectivity index (χ2n) is 4.13. The minimum Gasteiger partial charge on any atom is -0.232 e. The van der Waals surface area contributed by atoms with Crippen LogP contribution in [0.4, 0.5) is 13.2 Å². The second kappa shape index (κ2) is 6.26. The monoisotopic (exact) mass is 298 g/mol. The molecule has 0 N–H and O–H groups in total. The van der Waals surface area contributed by atoms with Gasteiger partial charge in [-0.3, -0.25) is 0 Å². The number of alkyl halides is 3. The van der Waals surface area contributed by atoms with Gasteiger partial charge in [-0.2, -0.15) is 13.2 Å². The minimum absolute atomic E-state index is 0.438. The van der Waals surface area contributed by atoms with Crippen LogP contribution < -0.4 is 0 Å². The van der Waals surface area contributed by atoms with E-state index in [2.05, 4.69) is 9.97 Å². The largest absolute Gasteiger partial charge is 0.451 e. The molecule has 106 valence electrons. The van der Waals surface area contributed by atoms with Crippen molar-refractivity contribution in [2.24, 2.45) is 0 Å². The van der Waals surface area contributed by atoms with Gasteiger partial charge >= 0.3 is 6.18 Å². The van der Waals surface area contributed by atoms with Gasteiger partial charge in [-0.05, 0) is 12.0 Å². The Kier molecular flexibility index (Phi) is 4.65. The fourth-order valence-electron chi connectivity index (χ4n) is 1.65. The lowest BCUT2D eigenvalue weighted by atomic mass is 10.2. The normalized spacial score (nSPS) is 11.6. The van der Waals surface area contributed by atoms with E-state index in [0.717, 1.165) is 5.56 Å². The fraction of sp³-hybridized carbons (Fsp3) is 0.286. The molecule has 1 aromatic carbocycles. The van der Waals surface area contributed by atoms with Crippen molar-refractivity contribution in [2.75, 3.05) is 0 Å². The maximum absolute atomic E-state index is 12.6. The zero-order valence-corrected chi connectivity index (χ0v) is 11.6. The average molecular weight is 298 g/mol. The van der Waals surface area contributed by atoms with Crippen molar-refractivity contribution in [2.45, 2.75) is 30.2 Å². The summed E-state index contributed by atoms with van der Waals surface area (Å²) in [6.07, 6.45) is -2.78. The molecular weight excluding hydrogens is 285 g/mol. The van der Waals surface area contributed by atoms with Crippen LogP contribution in [0.1, 0.15) is 24.0 Å². The van der Waals surface area contributed by atoms with Crippen LogP contribution in [0, 0.1) is 0 Å². The predicted molar refractivity (Wildman–Crippen MR) is 72.4 cm³/mol. The Labute approximate surface area is 119 Å². The van der Waals surface area contributed by atoms with E-state index in [0.29, 0.717) is 22.8 Å². The molecule has 6 heteroatoms. The lowest BCUT2D eigenvalue weighted by molar-refractivity contribution is -0.145. The summed E-state index contributed by atoms with van der Waals surface area (Å²) in [6.45, 7) is 1.79. The number of halogens is 3. The number of nitrogens with zero attached hydrogens (tertiary/aromatic N) is 2. The molecule has 0 atom stereocenters. The van der Waals surface area contributed by atoms with E-state index in [1.165, 1.54) is 18.0 Å². The average Bonchev–Trinajstić information content (AvgIpc) is 2.45. The third kappa shape index (κ3) is 3.72. The first-order valence-corrected chi connectivity index (χ1v) is 7.09. The molecule has 20 heavy (non-hydrogen) atoms. The first kappa shape index (κ1) is 14.8. The third-order valence-electron chi connectivity index (χ3n) is 2.65. The van der Waals surface area contributed by atoms with E-state index < -0.39 is 12.0 Å². The van der Waals surface area contributed by atoms with Crippen LogP contribution in [0.5, 0.6) is 0 Å². The Morgan fingerprint density at radius 1 is 1.15 bits per heavy atom. The summed E-state index contributed by atoms with van der Waals surface area (Å²) in [5, 5.41) is 0. The van der Waals surface area contributed by atoms with Gasteiger partial charge in [0.05, 0.1) is 5.69 Å². The molecule has 0 aliphatic heterocycles. The Morgan fingerprint density at radius 3 is 2.45 bits per heavy atom. The lowest BCUT2D eigenvalue weighted by Gasteiger charge is -2.10. The molecule has 1 aromatic heterocycles. The molecule has 1 heterocycles. The van der Waals surface area contributed by atoms with Crippen molar-refractivity contribution in [3.05, 3.63) is 53.6 Å². The Balaban J connectivity index is 2.16. The van der Waals surface area contributed by atoms with Crippen molar-refractivity contribution in [1.82, 2.24) is 9.97 Å². The van der Waals surface area contributed by atoms with Crippen LogP contribution in [0.2, 0.25) is 0 Å². The summed E-state index contributed by atoms with van der Waals surface area (Å²) >= 11 is 1.45. The smallest absolute Gasteiger partial charge is 0.232 e. The molecule has 0 aliphatic carbocycles. The van der Waals surface area contributed by atoms with E-state index in [1.54, 1.807) is 6.92 Å². The molecular formula is C14H13F3N2S. The summed E-state index contributed by atoms with van der Waals surface area (Å²) in [6, 6.07) is 9.74. The molecule has 0 amide bonds. The highest BCUT2D eigenvalue weighted by molar-refractivity contribution is 7.98. The SMILES string of the molecule is CCc1nc(C(F)(F)F)ncc1SCc1ccccc1. The van der Waals surface area contributed by atoms with Gasteiger partial charge < -0.3 is 0 Å². The molecule has 0 bridgehead atoms. The number of aromatic nitrogens is 2. The van der Waals surface area contributed by atoms with Crippen molar-refractivity contribution in [3.8, 4) is 0 Å². The summed E-state index contributed by atoms with van der Waals surface area (Å²) in [4.78, 5) is 7.73. The number of rotatable bonds is 4. The number of aryl methyl sites for hydroxylation is 1. The van der Waals surface area contributed by atoms with Crippen LogP contribution in [-0.2, 0) is 18.3 Å². The van der Waals surface area contributed by atoms with E-state index >= 15 is 0 Å². The van der Waals surface area contributed by atoms with Gasteiger partial charge in [-0.1, -0.05) is 37.3 Å². The zero-order chi connectivity index (χ0) is 14.6. The van der Waals surface area contributed by atoms with Gasteiger partial charge in [-0.25, -0.2) is 9.97 Å². The van der Waals surface area contributed by atoms with Gasteiger partial charge in [0.1, 0.15) is 0 Å². The van der Waals surface area contributed by atoms with Gasteiger partial charge in [0, 0.05) is 16.8 Å². The number of benzene rings is 1. The lowest BCUT2D eigenvalue weighted by Crippen LogP contribution is -2.12. The first-order chi connectivity index (χ1) is 9.50. The molecule has 0 radical (unpaired) electrons. The number of thioether (sulfide) groups is 1. The van der Waals surface area contributed by atoms with Crippen LogP contribution in [0.3, 0.4) is 0 Å². The van der Waals surface area contributed by atoms with Crippen LogP contribution in [-0.4, -0.2) is 9.97 Å². The van der Waals surface area contributed by atoms with Crippen LogP contribution in [0.25, 0.3) is 0 Å². The van der Waals surface area contributed by atoms with Crippen LogP contribution >= 0.6 is 11.8 Å². The van der Waals surface area contributed by atoms with Gasteiger partial charge in [0.25, 0.3) is 0 Å². The summed E-state index contributed by atoms with van der Waals surface area (Å²) in [7, 11) is 0. The second-order valence-corrected chi connectivity index (χ2v) is 5.15. The highest BCUT2D eigenvalue weighted by Crippen LogP contribution is 2.30.